The smallest absolute Gasteiger partial charge is 0.726 e. The molecule has 3 rings (SSSR count). The van der Waals surface area contributed by atoms with Crippen LogP contribution in [0.3, 0.4) is 0 Å². The molecule has 1 fully saturated rings. The van der Waals surface area contributed by atoms with E-state index in [9.17, 15) is 42.4 Å². The van der Waals surface area contributed by atoms with Crippen LogP contribution in [-0.2, 0) is 33.7 Å². The third-order valence-electron chi connectivity index (χ3n) is 8.22. The van der Waals surface area contributed by atoms with Crippen molar-refractivity contribution >= 4 is 39.7 Å². The SMILES string of the molecule is CCCCCC(=O)N(CCCCCNC(=O)c1ccccc1)CCC(=O)Nc1ccc(O[C@@H]2O[C@H](CO)[C@H](OS(=O)(=O)[O-])[C@H](O)[C@H]2NC(C)=O)cc1.[Na+]. The number of rotatable bonds is 21. The Labute approximate surface area is 332 Å². The van der Waals surface area contributed by atoms with E-state index in [-0.39, 0.29) is 66.0 Å². The second kappa shape index (κ2) is 23.6. The van der Waals surface area contributed by atoms with Crippen LogP contribution in [-0.4, -0.2) is 109 Å². The number of hydrogen-bond acceptors (Lipinski definition) is 12. The van der Waals surface area contributed by atoms with E-state index in [2.05, 4.69) is 27.1 Å². The number of hydrogen-bond donors (Lipinski definition) is 5. The van der Waals surface area contributed by atoms with Crippen molar-refractivity contribution in [1.82, 2.24) is 15.5 Å². The molecule has 0 aromatic heterocycles. The number of benzene rings is 2. The van der Waals surface area contributed by atoms with Crippen LogP contribution in [0.4, 0.5) is 5.69 Å². The Hall–Kier alpha value is -3.13. The standard InChI is InChI=1S/C35H50N4O12S.Na/c1-3-4-7-14-30(43)39(21-11-6-10-20-36-34(45)25-12-8-5-9-13-25)22-19-29(42)38-26-15-17-27(18-16-26)49-35-31(37-24(2)41)32(44)33(28(23-40)50-35)51-52(46,47)48;/h5,8-9,12-13,15-18,28,31-33,35,40,44H,3-4,6-7,10-11,14,19-23H2,1-2H3,(H,36,45)(H,37,41)(H,38,42)(H,46,47,48);/q;+1/p-1/t28-,31-,32-,33+,35-;/m1./s1. The van der Waals surface area contributed by atoms with E-state index in [0.29, 0.717) is 30.8 Å². The van der Waals surface area contributed by atoms with Gasteiger partial charge in [-0.2, -0.15) is 0 Å². The van der Waals surface area contributed by atoms with Crippen LogP contribution in [0.1, 0.15) is 75.6 Å². The van der Waals surface area contributed by atoms with Crippen molar-refractivity contribution in [1.29, 1.82) is 0 Å². The molecule has 0 bridgehead atoms. The van der Waals surface area contributed by atoms with Crippen LogP contribution in [0.15, 0.2) is 54.6 Å². The van der Waals surface area contributed by atoms with Gasteiger partial charge in [-0.3, -0.25) is 23.4 Å². The zero-order valence-electron chi connectivity index (χ0n) is 30.4. The van der Waals surface area contributed by atoms with Crippen molar-refractivity contribution in [2.45, 2.75) is 95.9 Å². The molecule has 5 atom stereocenters. The van der Waals surface area contributed by atoms with Crippen LogP contribution in [0.25, 0.3) is 0 Å². The van der Waals surface area contributed by atoms with Crippen LogP contribution < -0.4 is 50.2 Å². The zero-order chi connectivity index (χ0) is 38.1. The molecular formula is C35H49N4NaO12S. The first kappa shape index (κ1) is 46.0. The van der Waals surface area contributed by atoms with E-state index in [1.54, 1.807) is 29.2 Å². The van der Waals surface area contributed by atoms with Crippen molar-refractivity contribution in [3.63, 3.8) is 0 Å². The molecular weight excluding hydrogens is 723 g/mol. The molecule has 53 heavy (non-hydrogen) atoms. The quantitative estimate of drug-likeness (QED) is 0.0438. The normalized spacial score (nSPS) is 19.7. The molecule has 0 radical (unpaired) electrons. The molecule has 1 aliphatic heterocycles. The molecule has 2 aromatic rings. The summed E-state index contributed by atoms with van der Waals surface area (Å²) < 4.78 is 49.3. The second-order valence-electron chi connectivity index (χ2n) is 12.4. The number of aliphatic hydroxyl groups excluding tert-OH is 2. The van der Waals surface area contributed by atoms with Crippen LogP contribution in [0.5, 0.6) is 5.75 Å². The van der Waals surface area contributed by atoms with Crippen molar-refractivity contribution in [2.24, 2.45) is 0 Å². The minimum absolute atomic E-state index is 0. The van der Waals surface area contributed by atoms with E-state index >= 15 is 0 Å². The number of nitrogens with one attached hydrogen (secondary N) is 3. The van der Waals surface area contributed by atoms with Crippen LogP contribution in [0, 0.1) is 0 Å². The van der Waals surface area contributed by atoms with Crippen molar-refractivity contribution in [2.75, 3.05) is 31.6 Å². The topological polar surface area (TPSA) is 233 Å². The molecule has 1 heterocycles. The van der Waals surface area contributed by atoms with Gasteiger partial charge in [0.15, 0.2) is 0 Å². The number of ether oxygens (including phenoxy) is 2. The van der Waals surface area contributed by atoms with Gasteiger partial charge < -0.3 is 45.1 Å². The van der Waals surface area contributed by atoms with E-state index in [4.69, 9.17) is 9.47 Å². The van der Waals surface area contributed by atoms with Crippen molar-refractivity contribution in [3.05, 3.63) is 60.2 Å². The average molecular weight is 773 g/mol. The fraction of sp³-hybridized carbons (Fsp3) is 0.543. The summed E-state index contributed by atoms with van der Waals surface area (Å²) in [7, 11) is -5.30. The first-order valence-corrected chi connectivity index (χ1v) is 18.7. The number of amides is 4. The molecule has 0 saturated carbocycles. The number of carbonyl (C=O) groups excluding carboxylic acids is 4. The van der Waals surface area contributed by atoms with E-state index < -0.39 is 53.6 Å². The maximum Gasteiger partial charge on any atom is 1.00 e. The van der Waals surface area contributed by atoms with Gasteiger partial charge in [-0.1, -0.05) is 38.0 Å². The summed E-state index contributed by atoms with van der Waals surface area (Å²) >= 11 is 0. The number of anilines is 1. The monoisotopic (exact) mass is 772 g/mol. The Bertz CT molecular complexity index is 1550. The molecule has 16 nitrogen and oxygen atoms in total. The summed E-state index contributed by atoms with van der Waals surface area (Å²) in [5.41, 5.74) is 1.02. The molecule has 5 N–H and O–H groups in total. The maximum absolute atomic E-state index is 13.0. The Morgan fingerprint density at radius 3 is 2.26 bits per heavy atom. The fourth-order valence-corrected chi connectivity index (χ4v) is 6.08. The van der Waals surface area contributed by atoms with E-state index in [0.717, 1.165) is 45.4 Å². The molecule has 288 valence electrons. The van der Waals surface area contributed by atoms with Gasteiger partial charge in [-0.05, 0) is 62.1 Å². The van der Waals surface area contributed by atoms with Crippen molar-refractivity contribution in [3.8, 4) is 5.75 Å². The summed E-state index contributed by atoms with van der Waals surface area (Å²) in [6.45, 7) is 3.60. The molecule has 0 unspecified atom stereocenters. The Kier molecular flexibility index (Phi) is 20.5. The largest absolute Gasteiger partial charge is 1.00 e. The summed E-state index contributed by atoms with van der Waals surface area (Å²) in [4.78, 5) is 51.6. The number of nitrogens with zero attached hydrogens (tertiary/aromatic N) is 1. The Balaban J connectivity index is 0.00000972. The van der Waals surface area contributed by atoms with E-state index in [1.165, 1.54) is 24.3 Å². The van der Waals surface area contributed by atoms with Gasteiger partial charge in [0.05, 0.1) is 6.61 Å². The van der Waals surface area contributed by atoms with Crippen LogP contribution in [0.2, 0.25) is 0 Å². The summed E-state index contributed by atoms with van der Waals surface area (Å²) in [5.74, 6) is -0.922. The second-order valence-corrected chi connectivity index (χ2v) is 13.4. The predicted molar refractivity (Wildman–Crippen MR) is 188 cm³/mol. The third-order valence-corrected chi connectivity index (χ3v) is 8.68. The molecule has 1 saturated heterocycles. The number of carbonyl (C=O) groups is 4. The first-order chi connectivity index (χ1) is 24.8. The number of aliphatic hydroxyl groups is 2. The third kappa shape index (κ3) is 16.4. The van der Waals surface area contributed by atoms with Gasteiger partial charge in [-0.15, -0.1) is 0 Å². The molecule has 0 aliphatic carbocycles. The molecule has 1 aliphatic rings. The van der Waals surface area contributed by atoms with Gasteiger partial charge in [-0.25, -0.2) is 8.42 Å². The van der Waals surface area contributed by atoms with Crippen LogP contribution >= 0.6 is 0 Å². The zero-order valence-corrected chi connectivity index (χ0v) is 33.2. The van der Waals surface area contributed by atoms with Crippen molar-refractivity contribution < 1.29 is 85.6 Å². The van der Waals surface area contributed by atoms with Gasteiger partial charge in [0.25, 0.3) is 5.91 Å². The maximum atomic E-state index is 13.0. The summed E-state index contributed by atoms with van der Waals surface area (Å²) in [5, 5.41) is 28.5. The fourth-order valence-electron chi connectivity index (χ4n) is 5.57. The number of unbranched alkanes of at least 4 members (excludes halogenated alkanes) is 4. The predicted octanol–water partition coefficient (Wildman–Crippen LogP) is -1.16. The Morgan fingerprint density at radius 1 is 0.943 bits per heavy atom. The molecule has 2 aromatic carbocycles. The van der Waals surface area contributed by atoms with Gasteiger partial charge >= 0.3 is 29.6 Å². The molecule has 4 amide bonds. The van der Waals surface area contributed by atoms with E-state index in [1.807, 2.05) is 6.07 Å². The average Bonchev–Trinajstić information content (AvgIpc) is 3.10. The van der Waals surface area contributed by atoms with Gasteiger partial charge in [0.2, 0.25) is 34.4 Å². The van der Waals surface area contributed by atoms with Gasteiger partial charge in [0.1, 0.15) is 30.1 Å². The molecule has 0 spiro atoms. The minimum atomic E-state index is -5.30. The minimum Gasteiger partial charge on any atom is -0.726 e. The van der Waals surface area contributed by atoms with Gasteiger partial charge in [0, 0.05) is 50.7 Å². The molecule has 18 heteroatoms. The summed E-state index contributed by atoms with van der Waals surface area (Å²) in [6, 6.07) is 13.6. The summed E-state index contributed by atoms with van der Waals surface area (Å²) in [6.07, 6.45) is -1.14. The first-order valence-electron chi connectivity index (χ1n) is 17.3. The Morgan fingerprint density at radius 2 is 1.64 bits per heavy atom.